The van der Waals surface area contributed by atoms with E-state index in [2.05, 4.69) is 15.0 Å². The fraction of sp³-hybridized carbons (Fsp3) is 0.667. The molecule has 1 saturated heterocycles. The molecule has 1 aromatic carbocycles. The van der Waals surface area contributed by atoms with Gasteiger partial charge in [0.15, 0.2) is 6.61 Å². The lowest BCUT2D eigenvalue weighted by atomic mass is 9.92. The van der Waals surface area contributed by atoms with Gasteiger partial charge in [-0.25, -0.2) is 4.39 Å². The van der Waals surface area contributed by atoms with Gasteiger partial charge in [0.2, 0.25) is 0 Å². The Kier molecular flexibility index (Phi) is 9.17. The van der Waals surface area contributed by atoms with Crippen LogP contribution < -0.4 is 10.1 Å². The van der Waals surface area contributed by atoms with Crippen molar-refractivity contribution in [1.82, 2.24) is 10.2 Å². The first-order valence-electron chi connectivity index (χ1n) is 10.6. The van der Waals surface area contributed by atoms with Crippen LogP contribution in [0.1, 0.15) is 19.3 Å². The molecule has 186 valence electrons. The summed E-state index contributed by atoms with van der Waals surface area (Å²) < 4.78 is 70.3. The minimum Gasteiger partial charge on any atom is -0.484 e. The standard InChI is InChI=1S/C21H27ClF4N2O5/c1-30-19-11-28(6-7-31-14-8-15(9-14)33-21(24,25)26)5-4-18(19)27-20(29)12-32-13-2-3-16(22)17(23)10-13/h2-3,10,14-15,18-19H,4-9,11-12H2,1H3,(H,27,29)/t14-,15+,18?,19?. The highest BCUT2D eigenvalue weighted by Gasteiger charge is 2.40. The van der Waals surface area contributed by atoms with E-state index in [-0.39, 0.29) is 54.4 Å². The number of methoxy groups -OCH3 is 1. The predicted molar refractivity (Wildman–Crippen MR) is 111 cm³/mol. The fourth-order valence-corrected chi connectivity index (χ4v) is 3.96. The molecule has 33 heavy (non-hydrogen) atoms. The van der Waals surface area contributed by atoms with Gasteiger partial charge in [-0.15, -0.1) is 13.2 Å². The number of carbonyl (C=O) groups is 1. The van der Waals surface area contributed by atoms with Crippen molar-refractivity contribution in [2.24, 2.45) is 0 Å². The van der Waals surface area contributed by atoms with Gasteiger partial charge in [-0.05, 0) is 18.6 Å². The summed E-state index contributed by atoms with van der Waals surface area (Å²) in [7, 11) is 1.56. The number of rotatable bonds is 10. The summed E-state index contributed by atoms with van der Waals surface area (Å²) in [6, 6.07) is 3.73. The average Bonchev–Trinajstić information content (AvgIpc) is 2.72. The number of nitrogens with one attached hydrogen (secondary N) is 1. The van der Waals surface area contributed by atoms with Crippen LogP contribution in [0.25, 0.3) is 0 Å². The molecule has 1 aromatic rings. The third kappa shape index (κ3) is 8.25. The molecule has 0 aromatic heterocycles. The molecule has 1 N–H and O–H groups in total. The van der Waals surface area contributed by atoms with Crippen LogP contribution in [0.3, 0.4) is 0 Å². The largest absolute Gasteiger partial charge is 0.522 e. The molecule has 12 heteroatoms. The molecule has 2 aliphatic rings. The van der Waals surface area contributed by atoms with Gasteiger partial charge < -0.3 is 19.5 Å². The van der Waals surface area contributed by atoms with Crippen LogP contribution >= 0.6 is 11.6 Å². The van der Waals surface area contributed by atoms with Gasteiger partial charge in [-0.3, -0.25) is 14.4 Å². The van der Waals surface area contributed by atoms with Crippen molar-refractivity contribution in [3.8, 4) is 5.75 Å². The van der Waals surface area contributed by atoms with Crippen molar-refractivity contribution >= 4 is 17.5 Å². The van der Waals surface area contributed by atoms with Crippen LogP contribution in [0.2, 0.25) is 5.02 Å². The van der Waals surface area contributed by atoms with Gasteiger partial charge >= 0.3 is 6.36 Å². The Morgan fingerprint density at radius 2 is 2.03 bits per heavy atom. The van der Waals surface area contributed by atoms with Crippen molar-refractivity contribution in [3.05, 3.63) is 29.0 Å². The second-order valence-electron chi connectivity index (χ2n) is 8.05. The number of hydrogen-bond donors (Lipinski definition) is 1. The number of hydrogen-bond acceptors (Lipinski definition) is 6. The van der Waals surface area contributed by atoms with Crippen molar-refractivity contribution in [1.29, 1.82) is 0 Å². The molecule has 7 nitrogen and oxygen atoms in total. The molecule has 1 aliphatic carbocycles. The first-order valence-corrected chi connectivity index (χ1v) is 11.0. The van der Waals surface area contributed by atoms with Gasteiger partial charge in [-0.1, -0.05) is 11.6 Å². The fourth-order valence-electron chi connectivity index (χ4n) is 3.84. The second kappa shape index (κ2) is 11.7. The van der Waals surface area contributed by atoms with Crippen LogP contribution in [-0.2, 0) is 19.0 Å². The molecule has 2 atom stereocenters. The third-order valence-electron chi connectivity index (χ3n) is 5.67. The summed E-state index contributed by atoms with van der Waals surface area (Å²) in [6.45, 7) is 1.99. The number of amides is 1. The number of benzene rings is 1. The maximum Gasteiger partial charge on any atom is 0.522 e. The number of alkyl halides is 3. The molecule has 3 rings (SSSR count). The van der Waals surface area contributed by atoms with E-state index in [1.165, 1.54) is 12.1 Å². The Labute approximate surface area is 194 Å². The van der Waals surface area contributed by atoms with Crippen molar-refractivity contribution in [2.75, 3.05) is 40.0 Å². The number of carbonyl (C=O) groups excluding carboxylic acids is 1. The quantitative estimate of drug-likeness (QED) is 0.500. The lowest BCUT2D eigenvalue weighted by Gasteiger charge is -2.39. The smallest absolute Gasteiger partial charge is 0.484 e. The molecule has 2 unspecified atom stereocenters. The molecule has 1 saturated carbocycles. The first-order chi connectivity index (χ1) is 15.6. The maximum atomic E-state index is 13.5. The summed E-state index contributed by atoms with van der Waals surface area (Å²) in [4.78, 5) is 14.4. The second-order valence-corrected chi connectivity index (χ2v) is 8.46. The molecule has 2 fully saturated rings. The molecule has 1 amide bonds. The normalized spacial score (nSPS) is 26.0. The van der Waals surface area contributed by atoms with Crippen LogP contribution in [0, 0.1) is 5.82 Å². The Bertz CT molecular complexity index is 794. The Hall–Kier alpha value is -1.66. The van der Waals surface area contributed by atoms with Crippen molar-refractivity contribution < 1.29 is 41.3 Å². The molecular formula is C21H27ClF4N2O5. The van der Waals surface area contributed by atoms with Crippen LogP contribution in [0.4, 0.5) is 17.6 Å². The van der Waals surface area contributed by atoms with Gasteiger partial charge in [0.05, 0.1) is 36.0 Å². The zero-order chi connectivity index (χ0) is 24.0. The van der Waals surface area contributed by atoms with Gasteiger partial charge in [0.25, 0.3) is 5.91 Å². The van der Waals surface area contributed by atoms with Crippen LogP contribution in [0.15, 0.2) is 18.2 Å². The summed E-state index contributed by atoms with van der Waals surface area (Å²) in [6.07, 6.45) is -4.78. The number of piperidine rings is 1. The zero-order valence-electron chi connectivity index (χ0n) is 18.1. The van der Waals surface area contributed by atoms with E-state index in [0.717, 1.165) is 6.07 Å². The topological polar surface area (TPSA) is 69.3 Å². The number of likely N-dealkylation sites (tertiary alicyclic amines) is 1. The molecule has 0 radical (unpaired) electrons. The van der Waals surface area contributed by atoms with Crippen LogP contribution in [0.5, 0.6) is 5.75 Å². The zero-order valence-corrected chi connectivity index (χ0v) is 18.8. The average molecular weight is 499 g/mol. The lowest BCUT2D eigenvalue weighted by molar-refractivity contribution is -0.357. The summed E-state index contributed by atoms with van der Waals surface area (Å²) >= 11 is 5.62. The van der Waals surface area contributed by atoms with E-state index in [1.807, 2.05) is 0 Å². The van der Waals surface area contributed by atoms with Crippen LogP contribution in [-0.4, -0.2) is 81.5 Å². The Morgan fingerprint density at radius 1 is 1.27 bits per heavy atom. The number of nitrogens with zero attached hydrogens (tertiary/aromatic N) is 1. The Morgan fingerprint density at radius 3 is 2.70 bits per heavy atom. The minimum absolute atomic E-state index is 0.0285. The Balaban J connectivity index is 1.32. The highest BCUT2D eigenvalue weighted by Crippen LogP contribution is 2.32. The van der Waals surface area contributed by atoms with E-state index in [4.69, 9.17) is 25.8 Å². The van der Waals surface area contributed by atoms with E-state index in [9.17, 15) is 22.4 Å². The highest BCUT2D eigenvalue weighted by molar-refractivity contribution is 6.30. The van der Waals surface area contributed by atoms with Gasteiger partial charge in [0, 0.05) is 45.7 Å². The summed E-state index contributed by atoms with van der Waals surface area (Å²) in [5.41, 5.74) is 0. The van der Waals surface area contributed by atoms with Crippen molar-refractivity contribution in [2.45, 2.75) is 50.0 Å². The first kappa shape index (κ1) is 26.0. The minimum atomic E-state index is -4.61. The SMILES string of the molecule is COC1CN(CCO[C@H]2C[C@@H](OC(F)(F)F)C2)CCC1NC(=O)COc1ccc(Cl)c(F)c1. The molecule has 1 heterocycles. The van der Waals surface area contributed by atoms with E-state index >= 15 is 0 Å². The molecular weight excluding hydrogens is 472 g/mol. The molecule has 0 spiro atoms. The monoisotopic (exact) mass is 498 g/mol. The number of halogens is 5. The van der Waals surface area contributed by atoms with E-state index in [0.29, 0.717) is 32.7 Å². The number of ether oxygens (including phenoxy) is 4. The summed E-state index contributed by atoms with van der Waals surface area (Å²) in [5, 5.41) is 2.85. The molecule has 1 aliphatic heterocycles. The highest BCUT2D eigenvalue weighted by atomic mass is 35.5. The van der Waals surface area contributed by atoms with E-state index < -0.39 is 18.3 Å². The van der Waals surface area contributed by atoms with E-state index in [1.54, 1.807) is 7.11 Å². The third-order valence-corrected chi connectivity index (χ3v) is 5.97. The summed E-state index contributed by atoms with van der Waals surface area (Å²) in [5.74, 6) is -0.778. The van der Waals surface area contributed by atoms with Crippen molar-refractivity contribution in [3.63, 3.8) is 0 Å². The molecule has 0 bridgehead atoms. The van der Waals surface area contributed by atoms with Gasteiger partial charge in [-0.2, -0.15) is 0 Å². The predicted octanol–water partition coefficient (Wildman–Crippen LogP) is 3.15. The lowest BCUT2D eigenvalue weighted by Crippen LogP contribution is -2.56. The van der Waals surface area contributed by atoms with Gasteiger partial charge in [0.1, 0.15) is 11.6 Å². The maximum absolute atomic E-state index is 13.5.